The van der Waals surface area contributed by atoms with Gasteiger partial charge in [-0.15, -0.1) is 0 Å². The van der Waals surface area contributed by atoms with Crippen molar-refractivity contribution in [3.63, 3.8) is 0 Å². The van der Waals surface area contributed by atoms with Crippen molar-refractivity contribution in [2.24, 2.45) is 0 Å². The molecule has 0 saturated carbocycles. The van der Waals surface area contributed by atoms with Crippen LogP contribution in [0.5, 0.6) is 0 Å². The van der Waals surface area contributed by atoms with Crippen molar-refractivity contribution >= 4 is 35.5 Å². The Morgan fingerprint density at radius 2 is 1.21 bits per heavy atom. The van der Waals surface area contributed by atoms with Crippen molar-refractivity contribution in [2.75, 3.05) is 19.8 Å². The molecule has 2 saturated heterocycles. The van der Waals surface area contributed by atoms with Crippen molar-refractivity contribution < 1.29 is 59.5 Å². The van der Waals surface area contributed by atoms with Crippen LogP contribution >= 0.6 is 0 Å². The minimum absolute atomic E-state index is 0. The second-order valence-corrected chi connectivity index (χ2v) is 11.8. The molecule has 0 radical (unpaired) electrons. The summed E-state index contributed by atoms with van der Waals surface area (Å²) < 4.78 is 21.5. The molecule has 250 valence electrons. The van der Waals surface area contributed by atoms with E-state index in [9.17, 15) is 40.5 Å². The van der Waals surface area contributed by atoms with Gasteiger partial charge in [0.2, 0.25) is 5.79 Å². The molecule has 2 aliphatic rings. The number of aliphatic hydroxyl groups is 7. The van der Waals surface area contributed by atoms with Crippen molar-refractivity contribution in [2.45, 2.75) is 164 Å². The molecule has 43 heavy (non-hydrogen) atoms. The fourth-order valence-corrected chi connectivity index (χ4v) is 5.51. The molecule has 2 fully saturated rings. The quantitative estimate of drug-likeness (QED) is 0.0504. The van der Waals surface area contributed by atoms with Gasteiger partial charge in [0.15, 0.2) is 6.29 Å². The first-order chi connectivity index (χ1) is 20.2. The first-order valence-electron chi connectivity index (χ1n) is 16.0. The van der Waals surface area contributed by atoms with Gasteiger partial charge in [-0.3, -0.25) is 4.79 Å². The standard InChI is InChI=1S/C30H56O12.Na.H/c1-2-3-4-5-6-7-8-9-10-11-12-13-14-15-16-17-23(33)39-19-22-24(34)26(36)27(37)29(40-22)42-30(20-32)28(38)25(35)21(18-31)41-30;;/h21-22,24-29,31-32,34-38H,2-20H2,1H3;;/t21-,22-,24-,25-,26+,27-,28+,29-,30+;;/m1../s1. The monoisotopic (exact) mass is 632 g/mol. The van der Waals surface area contributed by atoms with Crippen LogP contribution in [0.25, 0.3) is 0 Å². The summed E-state index contributed by atoms with van der Waals surface area (Å²) in [5.74, 6) is -2.76. The molecule has 7 N–H and O–H groups in total. The van der Waals surface area contributed by atoms with Crippen LogP contribution in [-0.4, -0.2) is 146 Å². The van der Waals surface area contributed by atoms with Gasteiger partial charge >= 0.3 is 35.5 Å². The Kier molecular flexibility index (Phi) is 21.6. The van der Waals surface area contributed by atoms with Crippen molar-refractivity contribution in [1.82, 2.24) is 0 Å². The Bertz CT molecular complexity index is 733. The summed E-state index contributed by atoms with van der Waals surface area (Å²) in [5.41, 5.74) is 0. The van der Waals surface area contributed by atoms with Gasteiger partial charge in [-0.2, -0.15) is 0 Å². The molecule has 2 heterocycles. The van der Waals surface area contributed by atoms with Gasteiger partial charge in [0, 0.05) is 6.42 Å². The molecule has 2 rings (SSSR count). The van der Waals surface area contributed by atoms with Crippen LogP contribution in [0.4, 0.5) is 0 Å². The number of carbonyl (C=O) groups is 1. The van der Waals surface area contributed by atoms with E-state index in [1.54, 1.807) is 0 Å². The third-order valence-corrected chi connectivity index (χ3v) is 8.28. The van der Waals surface area contributed by atoms with Crippen LogP contribution in [0, 0.1) is 0 Å². The van der Waals surface area contributed by atoms with Crippen LogP contribution in [0.3, 0.4) is 0 Å². The summed E-state index contributed by atoms with van der Waals surface area (Å²) in [4.78, 5) is 12.2. The zero-order valence-corrected chi connectivity index (χ0v) is 25.2. The van der Waals surface area contributed by atoms with Gasteiger partial charge in [0.05, 0.1) is 6.61 Å². The van der Waals surface area contributed by atoms with Crippen LogP contribution in [0.15, 0.2) is 0 Å². The Morgan fingerprint density at radius 1 is 0.698 bits per heavy atom. The van der Waals surface area contributed by atoms with E-state index in [1.165, 1.54) is 70.6 Å². The second-order valence-electron chi connectivity index (χ2n) is 11.8. The van der Waals surface area contributed by atoms with Crippen molar-refractivity contribution in [1.29, 1.82) is 0 Å². The fourth-order valence-electron chi connectivity index (χ4n) is 5.51. The molecule has 0 aromatic carbocycles. The maximum absolute atomic E-state index is 12.2. The average Bonchev–Trinajstić information content (AvgIpc) is 3.23. The SMILES string of the molecule is CCCCCCCCCCCCCCCCCC(=O)OC[C@H]1O[C@H](O[C@]2(CO)O[C@H](CO)[C@@H](O)[C@@H]2O)[C@H](O)[C@@H](O)[C@@H]1O.[NaH]. The summed E-state index contributed by atoms with van der Waals surface area (Å²) in [6.45, 7) is 0.146. The van der Waals surface area contributed by atoms with Crippen LogP contribution < -0.4 is 0 Å². The van der Waals surface area contributed by atoms with Gasteiger partial charge < -0.3 is 54.7 Å². The van der Waals surface area contributed by atoms with Gasteiger partial charge in [0.25, 0.3) is 0 Å². The number of ether oxygens (including phenoxy) is 4. The van der Waals surface area contributed by atoms with E-state index < -0.39 is 80.6 Å². The number of carbonyl (C=O) groups excluding carboxylic acids is 1. The van der Waals surface area contributed by atoms with E-state index in [2.05, 4.69) is 6.92 Å². The first-order valence-corrected chi connectivity index (χ1v) is 16.0. The van der Waals surface area contributed by atoms with Crippen LogP contribution in [0.2, 0.25) is 0 Å². The molecule has 0 aromatic heterocycles. The Labute approximate surface area is 278 Å². The van der Waals surface area contributed by atoms with E-state index in [0.717, 1.165) is 19.3 Å². The predicted molar refractivity (Wildman–Crippen MR) is 159 cm³/mol. The molecular formula is C30H57NaO12. The molecule has 0 bridgehead atoms. The molecule has 0 aliphatic carbocycles. The third kappa shape index (κ3) is 13.4. The molecule has 0 aromatic rings. The van der Waals surface area contributed by atoms with E-state index in [0.29, 0.717) is 6.42 Å². The molecule has 12 nitrogen and oxygen atoms in total. The van der Waals surface area contributed by atoms with E-state index in [4.69, 9.17) is 18.9 Å². The molecule has 0 unspecified atom stereocenters. The topological polar surface area (TPSA) is 196 Å². The Hall–Kier alpha value is 0.0700. The summed E-state index contributed by atoms with van der Waals surface area (Å²) in [6, 6.07) is 0. The van der Waals surface area contributed by atoms with Gasteiger partial charge in [-0.1, -0.05) is 96.8 Å². The number of rotatable bonds is 22. The van der Waals surface area contributed by atoms with Gasteiger partial charge in [0.1, 0.15) is 55.9 Å². The molecule has 0 amide bonds. The van der Waals surface area contributed by atoms with Crippen LogP contribution in [-0.2, 0) is 23.7 Å². The molecule has 9 atom stereocenters. The van der Waals surface area contributed by atoms with Gasteiger partial charge in [-0.25, -0.2) is 0 Å². The second kappa shape index (κ2) is 22.6. The zero-order valence-electron chi connectivity index (χ0n) is 25.2. The summed E-state index contributed by atoms with van der Waals surface area (Å²) in [5, 5.41) is 70.5. The average molecular weight is 633 g/mol. The molecule has 2 aliphatic heterocycles. The number of esters is 1. The van der Waals surface area contributed by atoms with Crippen molar-refractivity contribution in [3.05, 3.63) is 0 Å². The third-order valence-electron chi connectivity index (χ3n) is 8.28. The number of aliphatic hydroxyl groups excluding tert-OH is 7. The summed E-state index contributed by atoms with van der Waals surface area (Å²) in [6.07, 6.45) is 5.52. The molecular weight excluding hydrogens is 575 g/mol. The van der Waals surface area contributed by atoms with Gasteiger partial charge in [-0.05, 0) is 6.42 Å². The molecule has 13 heteroatoms. The molecule has 0 spiro atoms. The minimum atomic E-state index is -2.27. The van der Waals surface area contributed by atoms with E-state index in [1.807, 2.05) is 0 Å². The Balaban J connectivity index is 0.00000924. The normalized spacial score (nSPS) is 32.5. The van der Waals surface area contributed by atoms with E-state index >= 15 is 0 Å². The van der Waals surface area contributed by atoms with E-state index in [-0.39, 0.29) is 36.0 Å². The van der Waals surface area contributed by atoms with Crippen molar-refractivity contribution in [3.8, 4) is 0 Å². The predicted octanol–water partition coefficient (Wildman–Crippen LogP) is 0.768. The van der Waals surface area contributed by atoms with Crippen LogP contribution in [0.1, 0.15) is 110 Å². The summed E-state index contributed by atoms with van der Waals surface area (Å²) in [7, 11) is 0. The number of unbranched alkanes of at least 4 members (excludes halogenated alkanes) is 14. The Morgan fingerprint density at radius 3 is 1.67 bits per heavy atom. The zero-order chi connectivity index (χ0) is 31.0. The first kappa shape index (κ1) is 41.1. The maximum atomic E-state index is 12.2. The summed E-state index contributed by atoms with van der Waals surface area (Å²) >= 11 is 0. The number of hydrogen-bond donors (Lipinski definition) is 7. The fraction of sp³-hybridized carbons (Fsp3) is 0.967. The number of hydrogen-bond acceptors (Lipinski definition) is 12.